The number of carbonyl (C=O) groups excluding carboxylic acids is 2. The van der Waals surface area contributed by atoms with Gasteiger partial charge in [0.05, 0.1) is 0 Å². The molecule has 0 fully saturated rings. The molecule has 1 aliphatic carbocycles. The lowest BCUT2D eigenvalue weighted by molar-refractivity contribution is -0.137. The van der Waals surface area contributed by atoms with Crippen molar-refractivity contribution < 1.29 is 28.6 Å². The van der Waals surface area contributed by atoms with E-state index in [9.17, 15) is 18.8 Å². The standard InChI is InChI=1S/C27H25FN2O5/c28-18-13-17(26(33)29-12-6-5-11-25(31)32)14-19(15-18)30-27(34)35-16-24-22-9-3-1-7-20(22)21-8-2-4-10-23(21)24/h1-4,7-10,13-15,24H,5-6,11-12,16H2,(H,29,33)(H,30,34)(H,31,32). The second-order valence-electron chi connectivity index (χ2n) is 8.29. The zero-order valence-corrected chi connectivity index (χ0v) is 18.9. The summed E-state index contributed by atoms with van der Waals surface area (Å²) >= 11 is 0. The number of unbranched alkanes of at least 4 members (excludes halogenated alkanes) is 1. The van der Waals surface area contributed by atoms with Gasteiger partial charge in [-0.2, -0.15) is 0 Å². The van der Waals surface area contributed by atoms with Gasteiger partial charge in [0.25, 0.3) is 5.91 Å². The first-order valence-electron chi connectivity index (χ1n) is 11.3. The molecule has 0 bridgehead atoms. The summed E-state index contributed by atoms with van der Waals surface area (Å²) in [6, 6.07) is 19.5. The third-order valence-electron chi connectivity index (χ3n) is 5.85. The highest BCUT2D eigenvalue weighted by molar-refractivity contribution is 5.96. The van der Waals surface area contributed by atoms with Gasteiger partial charge in [-0.25, -0.2) is 9.18 Å². The topological polar surface area (TPSA) is 105 Å². The first-order valence-corrected chi connectivity index (χ1v) is 11.3. The number of fused-ring (bicyclic) bond motifs is 3. The smallest absolute Gasteiger partial charge is 0.411 e. The van der Waals surface area contributed by atoms with Gasteiger partial charge in [-0.3, -0.25) is 14.9 Å². The molecule has 0 aromatic heterocycles. The van der Waals surface area contributed by atoms with Gasteiger partial charge < -0.3 is 15.2 Å². The Kier molecular flexibility index (Phi) is 7.40. The lowest BCUT2D eigenvalue weighted by atomic mass is 9.98. The average Bonchev–Trinajstić information content (AvgIpc) is 3.15. The number of carbonyl (C=O) groups is 3. The van der Waals surface area contributed by atoms with E-state index >= 15 is 0 Å². The molecule has 0 spiro atoms. The number of amides is 2. The predicted molar refractivity (Wildman–Crippen MR) is 129 cm³/mol. The van der Waals surface area contributed by atoms with Crippen LogP contribution in [0.25, 0.3) is 11.1 Å². The Hall–Kier alpha value is -4.20. The van der Waals surface area contributed by atoms with Crippen LogP contribution in [0, 0.1) is 5.82 Å². The molecule has 0 saturated carbocycles. The molecule has 8 heteroatoms. The van der Waals surface area contributed by atoms with Crippen molar-refractivity contribution >= 4 is 23.7 Å². The van der Waals surface area contributed by atoms with Gasteiger partial charge >= 0.3 is 12.1 Å². The molecule has 3 N–H and O–H groups in total. The highest BCUT2D eigenvalue weighted by Gasteiger charge is 2.29. The maximum Gasteiger partial charge on any atom is 0.411 e. The summed E-state index contributed by atoms with van der Waals surface area (Å²) in [5.74, 6) is -2.21. The molecule has 0 radical (unpaired) electrons. The molecule has 7 nitrogen and oxygen atoms in total. The van der Waals surface area contributed by atoms with Crippen molar-refractivity contribution in [3.8, 4) is 11.1 Å². The van der Waals surface area contributed by atoms with E-state index in [-0.39, 0.29) is 36.7 Å². The third-order valence-corrected chi connectivity index (χ3v) is 5.85. The van der Waals surface area contributed by atoms with Crippen LogP contribution in [0.3, 0.4) is 0 Å². The highest BCUT2D eigenvalue weighted by Crippen LogP contribution is 2.44. The maximum absolute atomic E-state index is 14.1. The summed E-state index contributed by atoms with van der Waals surface area (Å²) in [4.78, 5) is 35.3. The summed E-state index contributed by atoms with van der Waals surface area (Å²) in [5.41, 5.74) is 4.52. The molecule has 0 aliphatic heterocycles. The first kappa shape index (κ1) is 23.9. The zero-order chi connectivity index (χ0) is 24.8. The van der Waals surface area contributed by atoms with Crippen molar-refractivity contribution in [2.75, 3.05) is 18.5 Å². The molecule has 35 heavy (non-hydrogen) atoms. The minimum atomic E-state index is -0.898. The number of carboxylic acid groups (broad SMARTS) is 1. The number of aliphatic carboxylic acids is 1. The minimum Gasteiger partial charge on any atom is -0.481 e. The minimum absolute atomic E-state index is 0.0179. The van der Waals surface area contributed by atoms with Gasteiger partial charge in [-0.1, -0.05) is 48.5 Å². The number of ether oxygens (including phenoxy) is 1. The van der Waals surface area contributed by atoms with Crippen LogP contribution >= 0.6 is 0 Å². The molecule has 3 aromatic carbocycles. The fourth-order valence-electron chi connectivity index (χ4n) is 4.25. The van der Waals surface area contributed by atoms with Crippen molar-refractivity contribution in [2.45, 2.75) is 25.2 Å². The second kappa shape index (κ2) is 10.8. The van der Waals surface area contributed by atoms with Gasteiger partial charge in [0.2, 0.25) is 0 Å². The molecule has 1 aliphatic rings. The SMILES string of the molecule is O=C(O)CCCCNC(=O)c1cc(F)cc(NC(=O)OCC2c3ccccc3-c3ccccc32)c1. The number of hydrogen-bond donors (Lipinski definition) is 3. The van der Waals surface area contributed by atoms with Gasteiger partial charge in [-0.05, 0) is 53.3 Å². The molecule has 0 saturated heterocycles. The van der Waals surface area contributed by atoms with E-state index < -0.39 is 23.8 Å². The lowest BCUT2D eigenvalue weighted by Gasteiger charge is -2.15. The summed E-state index contributed by atoms with van der Waals surface area (Å²) in [7, 11) is 0. The van der Waals surface area contributed by atoms with Crippen molar-refractivity contribution in [2.24, 2.45) is 0 Å². The molecule has 180 valence electrons. The molecule has 0 heterocycles. The van der Waals surface area contributed by atoms with Crippen molar-refractivity contribution in [3.63, 3.8) is 0 Å². The molecule has 0 unspecified atom stereocenters. The Morgan fingerprint density at radius 2 is 1.57 bits per heavy atom. The van der Waals surface area contributed by atoms with Crippen LogP contribution in [-0.4, -0.2) is 36.2 Å². The van der Waals surface area contributed by atoms with Crippen molar-refractivity contribution in [3.05, 3.63) is 89.2 Å². The fourth-order valence-corrected chi connectivity index (χ4v) is 4.25. The zero-order valence-electron chi connectivity index (χ0n) is 18.9. The lowest BCUT2D eigenvalue weighted by Crippen LogP contribution is -2.25. The number of nitrogens with one attached hydrogen (secondary N) is 2. The fraction of sp³-hybridized carbons (Fsp3) is 0.222. The van der Waals surface area contributed by atoms with E-state index in [1.165, 1.54) is 6.07 Å². The summed E-state index contributed by atoms with van der Waals surface area (Å²) in [5, 5.41) is 13.8. The Bertz CT molecular complexity index is 1210. The molecule has 3 aromatic rings. The van der Waals surface area contributed by atoms with E-state index in [0.717, 1.165) is 34.4 Å². The van der Waals surface area contributed by atoms with Crippen LogP contribution < -0.4 is 10.6 Å². The molecule has 0 atom stereocenters. The highest BCUT2D eigenvalue weighted by atomic mass is 19.1. The van der Waals surface area contributed by atoms with Crippen LogP contribution in [0.2, 0.25) is 0 Å². The van der Waals surface area contributed by atoms with E-state index in [1.54, 1.807) is 0 Å². The molecular weight excluding hydrogens is 451 g/mol. The first-order chi connectivity index (χ1) is 16.9. The number of benzene rings is 3. The average molecular weight is 477 g/mol. The Morgan fingerprint density at radius 1 is 0.914 bits per heavy atom. The molecular formula is C27H25FN2O5. The monoisotopic (exact) mass is 476 g/mol. The van der Waals surface area contributed by atoms with Crippen LogP contribution in [0.5, 0.6) is 0 Å². The second-order valence-corrected chi connectivity index (χ2v) is 8.29. The van der Waals surface area contributed by atoms with E-state index in [1.807, 2.05) is 48.5 Å². The van der Waals surface area contributed by atoms with Gasteiger partial charge in [0.15, 0.2) is 0 Å². The number of carboxylic acids is 1. The summed E-state index contributed by atoms with van der Waals surface area (Å²) < 4.78 is 19.6. The summed E-state index contributed by atoms with van der Waals surface area (Å²) in [6.45, 7) is 0.372. The summed E-state index contributed by atoms with van der Waals surface area (Å²) in [6.07, 6.45) is 0.174. The van der Waals surface area contributed by atoms with Crippen molar-refractivity contribution in [1.29, 1.82) is 0 Å². The molecule has 4 rings (SSSR count). The number of halogens is 1. The van der Waals surface area contributed by atoms with Crippen LogP contribution in [0.15, 0.2) is 66.7 Å². The van der Waals surface area contributed by atoms with Gasteiger partial charge in [0, 0.05) is 30.1 Å². The van der Waals surface area contributed by atoms with Crippen LogP contribution in [0.1, 0.15) is 46.7 Å². The largest absolute Gasteiger partial charge is 0.481 e. The Balaban J connectivity index is 1.35. The van der Waals surface area contributed by atoms with Gasteiger partial charge in [0.1, 0.15) is 12.4 Å². The Morgan fingerprint density at radius 3 is 2.23 bits per heavy atom. The van der Waals surface area contributed by atoms with Gasteiger partial charge in [-0.15, -0.1) is 0 Å². The van der Waals surface area contributed by atoms with Crippen LogP contribution in [-0.2, 0) is 9.53 Å². The van der Waals surface area contributed by atoms with Crippen molar-refractivity contribution in [1.82, 2.24) is 5.32 Å². The van der Waals surface area contributed by atoms with Crippen LogP contribution in [0.4, 0.5) is 14.9 Å². The van der Waals surface area contributed by atoms with E-state index in [2.05, 4.69) is 10.6 Å². The number of anilines is 1. The normalized spacial score (nSPS) is 11.9. The third kappa shape index (κ3) is 5.84. The van der Waals surface area contributed by atoms with E-state index in [0.29, 0.717) is 12.8 Å². The quantitative estimate of drug-likeness (QED) is 0.370. The molecule has 2 amide bonds. The number of rotatable bonds is 9. The predicted octanol–water partition coefficient (Wildman–Crippen LogP) is 5.17. The Labute approximate surface area is 201 Å². The number of hydrogen-bond acceptors (Lipinski definition) is 4. The maximum atomic E-state index is 14.1. The van der Waals surface area contributed by atoms with E-state index in [4.69, 9.17) is 9.84 Å².